The number of amides is 1. The van der Waals surface area contributed by atoms with Gasteiger partial charge in [0, 0.05) is 0 Å². The first kappa shape index (κ1) is 13.5. The van der Waals surface area contributed by atoms with Gasteiger partial charge in [-0.05, 0) is 33.1 Å². The fraction of sp³-hybridized carbons (Fsp3) is 0.667. The van der Waals surface area contributed by atoms with Crippen molar-refractivity contribution < 1.29 is 19.4 Å². The average molecular weight is 241 g/mol. The van der Waals surface area contributed by atoms with Crippen LogP contribution in [0.4, 0.5) is 4.79 Å². The molecule has 0 aromatic carbocycles. The summed E-state index contributed by atoms with van der Waals surface area (Å²) >= 11 is 0. The summed E-state index contributed by atoms with van der Waals surface area (Å²) in [6.07, 6.45) is 4.24. The number of carboxylic acids is 1. The normalized spacial score (nSPS) is 23.5. The van der Waals surface area contributed by atoms with Crippen LogP contribution in [0.3, 0.4) is 0 Å². The molecular weight excluding hydrogens is 222 g/mol. The van der Waals surface area contributed by atoms with Gasteiger partial charge in [-0.15, -0.1) is 0 Å². The summed E-state index contributed by atoms with van der Waals surface area (Å²) in [6.45, 7) is 5.46. The van der Waals surface area contributed by atoms with Crippen molar-refractivity contribution in [1.29, 1.82) is 0 Å². The van der Waals surface area contributed by atoms with Gasteiger partial charge >= 0.3 is 12.1 Å². The monoisotopic (exact) mass is 241 g/mol. The van der Waals surface area contributed by atoms with Gasteiger partial charge in [0.15, 0.2) is 5.54 Å². The number of hydrogen-bond donors (Lipinski definition) is 2. The van der Waals surface area contributed by atoms with Crippen molar-refractivity contribution in [3.8, 4) is 0 Å². The van der Waals surface area contributed by atoms with Crippen molar-refractivity contribution in [3.63, 3.8) is 0 Å². The Kier molecular flexibility index (Phi) is 3.80. The highest BCUT2D eigenvalue weighted by Gasteiger charge is 2.40. The van der Waals surface area contributed by atoms with Crippen LogP contribution in [-0.2, 0) is 9.53 Å². The SMILES string of the molecule is CCC(C)(C)OC(=O)NC1(C(=O)O)C=CCC1. The zero-order chi connectivity index (χ0) is 13.1. The van der Waals surface area contributed by atoms with Gasteiger partial charge in [0.05, 0.1) is 0 Å². The van der Waals surface area contributed by atoms with E-state index >= 15 is 0 Å². The Hall–Kier alpha value is -1.52. The molecule has 5 nitrogen and oxygen atoms in total. The van der Waals surface area contributed by atoms with Crippen LogP contribution in [0, 0.1) is 0 Å². The molecule has 0 spiro atoms. The van der Waals surface area contributed by atoms with Crippen molar-refractivity contribution in [2.24, 2.45) is 0 Å². The number of carbonyl (C=O) groups is 2. The average Bonchev–Trinajstić information content (AvgIpc) is 2.66. The Bertz CT molecular complexity index is 348. The van der Waals surface area contributed by atoms with Crippen LogP contribution in [0.2, 0.25) is 0 Å². The van der Waals surface area contributed by atoms with Gasteiger partial charge in [-0.25, -0.2) is 9.59 Å². The number of allylic oxidation sites excluding steroid dienone is 1. The van der Waals surface area contributed by atoms with E-state index in [2.05, 4.69) is 5.32 Å². The smallest absolute Gasteiger partial charge is 0.408 e. The Labute approximate surface area is 101 Å². The number of aliphatic carboxylic acids is 1. The maximum Gasteiger partial charge on any atom is 0.408 e. The Morgan fingerprint density at radius 1 is 1.53 bits per heavy atom. The molecule has 0 aromatic heterocycles. The molecule has 0 fully saturated rings. The van der Waals surface area contributed by atoms with Crippen LogP contribution in [0.5, 0.6) is 0 Å². The van der Waals surface area contributed by atoms with E-state index in [0.717, 1.165) is 0 Å². The number of alkyl carbamates (subject to hydrolysis) is 1. The van der Waals surface area contributed by atoms with Crippen molar-refractivity contribution in [1.82, 2.24) is 5.32 Å². The molecule has 96 valence electrons. The van der Waals surface area contributed by atoms with E-state index in [-0.39, 0.29) is 0 Å². The van der Waals surface area contributed by atoms with E-state index in [9.17, 15) is 9.59 Å². The predicted molar refractivity (Wildman–Crippen MR) is 62.7 cm³/mol. The number of carbonyl (C=O) groups excluding carboxylic acids is 1. The highest BCUT2D eigenvalue weighted by molar-refractivity contribution is 5.87. The number of carboxylic acid groups (broad SMARTS) is 1. The molecule has 1 aliphatic rings. The lowest BCUT2D eigenvalue weighted by atomic mass is 10.00. The third-order valence-corrected chi connectivity index (χ3v) is 3.03. The lowest BCUT2D eigenvalue weighted by Crippen LogP contribution is -2.53. The topological polar surface area (TPSA) is 75.6 Å². The molecule has 1 atom stereocenters. The molecule has 0 saturated heterocycles. The highest BCUT2D eigenvalue weighted by Crippen LogP contribution is 2.24. The Balaban J connectivity index is 2.67. The summed E-state index contributed by atoms with van der Waals surface area (Å²) in [5, 5.41) is 11.6. The quantitative estimate of drug-likeness (QED) is 0.739. The van der Waals surface area contributed by atoms with Crippen molar-refractivity contribution in [2.45, 2.75) is 51.2 Å². The first-order chi connectivity index (χ1) is 7.81. The number of ether oxygens (including phenoxy) is 1. The van der Waals surface area contributed by atoms with E-state index in [1.54, 1.807) is 19.9 Å². The van der Waals surface area contributed by atoms with Gasteiger partial charge in [0.2, 0.25) is 0 Å². The van der Waals surface area contributed by atoms with E-state index in [1.165, 1.54) is 6.08 Å². The van der Waals surface area contributed by atoms with Crippen LogP contribution < -0.4 is 5.32 Å². The molecule has 5 heteroatoms. The second kappa shape index (κ2) is 4.77. The molecule has 1 aliphatic carbocycles. The van der Waals surface area contributed by atoms with Crippen molar-refractivity contribution in [2.75, 3.05) is 0 Å². The maximum absolute atomic E-state index is 11.7. The van der Waals surface area contributed by atoms with Crippen molar-refractivity contribution in [3.05, 3.63) is 12.2 Å². The molecule has 2 N–H and O–H groups in total. The Morgan fingerprint density at radius 2 is 2.18 bits per heavy atom. The zero-order valence-electron chi connectivity index (χ0n) is 10.4. The fourth-order valence-electron chi connectivity index (χ4n) is 1.55. The fourth-order valence-corrected chi connectivity index (χ4v) is 1.55. The minimum absolute atomic E-state index is 0.365. The summed E-state index contributed by atoms with van der Waals surface area (Å²) in [4.78, 5) is 22.8. The molecule has 1 unspecified atom stereocenters. The molecule has 0 radical (unpaired) electrons. The first-order valence-corrected chi connectivity index (χ1v) is 5.73. The molecule has 0 saturated carbocycles. The minimum Gasteiger partial charge on any atom is -0.479 e. The second-order valence-electron chi connectivity index (χ2n) is 4.85. The van der Waals surface area contributed by atoms with Gasteiger partial charge < -0.3 is 15.2 Å². The van der Waals surface area contributed by atoms with Crippen LogP contribution in [0.1, 0.15) is 40.0 Å². The van der Waals surface area contributed by atoms with Crippen LogP contribution in [-0.4, -0.2) is 28.3 Å². The maximum atomic E-state index is 11.7. The standard InChI is InChI=1S/C12H19NO4/c1-4-11(2,3)17-10(16)13-12(9(14)15)7-5-6-8-12/h5,7H,4,6,8H2,1-3H3,(H,13,16)(H,14,15). The predicted octanol–water partition coefficient (Wildman–Crippen LogP) is 2.07. The number of hydrogen-bond acceptors (Lipinski definition) is 3. The molecule has 1 rings (SSSR count). The van der Waals surface area contributed by atoms with Crippen molar-refractivity contribution >= 4 is 12.1 Å². The van der Waals surface area contributed by atoms with E-state index in [1.807, 2.05) is 6.92 Å². The second-order valence-corrected chi connectivity index (χ2v) is 4.85. The molecule has 0 aromatic rings. The largest absolute Gasteiger partial charge is 0.479 e. The molecule has 0 bridgehead atoms. The van der Waals surface area contributed by atoms with E-state index < -0.39 is 23.2 Å². The lowest BCUT2D eigenvalue weighted by molar-refractivity contribution is -0.142. The number of rotatable bonds is 4. The zero-order valence-corrected chi connectivity index (χ0v) is 10.4. The van der Waals surface area contributed by atoms with Gasteiger partial charge in [-0.3, -0.25) is 0 Å². The van der Waals surface area contributed by atoms with Crippen LogP contribution >= 0.6 is 0 Å². The van der Waals surface area contributed by atoms with Gasteiger partial charge in [-0.2, -0.15) is 0 Å². The lowest BCUT2D eigenvalue weighted by Gasteiger charge is -2.28. The third-order valence-electron chi connectivity index (χ3n) is 3.03. The molecule has 17 heavy (non-hydrogen) atoms. The summed E-state index contributed by atoms with van der Waals surface area (Å²) in [6, 6.07) is 0. The highest BCUT2D eigenvalue weighted by atomic mass is 16.6. The van der Waals surface area contributed by atoms with Crippen LogP contribution in [0.25, 0.3) is 0 Å². The van der Waals surface area contributed by atoms with E-state index in [4.69, 9.17) is 9.84 Å². The third kappa shape index (κ3) is 3.22. The van der Waals surface area contributed by atoms with E-state index in [0.29, 0.717) is 19.3 Å². The Morgan fingerprint density at radius 3 is 2.59 bits per heavy atom. The van der Waals surface area contributed by atoms with Gasteiger partial charge in [-0.1, -0.05) is 19.1 Å². The minimum atomic E-state index is -1.30. The molecule has 1 amide bonds. The first-order valence-electron chi connectivity index (χ1n) is 5.73. The van der Waals surface area contributed by atoms with Gasteiger partial charge in [0.25, 0.3) is 0 Å². The molecule has 0 heterocycles. The summed E-state index contributed by atoms with van der Waals surface area (Å²) in [7, 11) is 0. The molecular formula is C12H19NO4. The number of nitrogens with one attached hydrogen (secondary N) is 1. The summed E-state index contributed by atoms with van der Waals surface area (Å²) in [5.41, 5.74) is -1.90. The summed E-state index contributed by atoms with van der Waals surface area (Å²) in [5.74, 6) is -1.06. The van der Waals surface area contributed by atoms with Gasteiger partial charge in [0.1, 0.15) is 5.60 Å². The van der Waals surface area contributed by atoms with Crippen LogP contribution in [0.15, 0.2) is 12.2 Å². The molecule has 0 aliphatic heterocycles. The summed E-state index contributed by atoms with van der Waals surface area (Å²) < 4.78 is 5.18.